The molecule has 0 amide bonds. The third-order valence-corrected chi connectivity index (χ3v) is 3.85. The van der Waals surface area contributed by atoms with Gasteiger partial charge in [-0.15, -0.1) is 0 Å². The summed E-state index contributed by atoms with van der Waals surface area (Å²) >= 11 is 17.9. The Morgan fingerprint density at radius 2 is 1.73 bits per heavy atom. The molecule has 0 unspecified atom stereocenters. The molecule has 3 nitrogen and oxygen atoms in total. The normalized spacial score (nSPS) is 11.2. The van der Waals surface area contributed by atoms with Crippen LogP contribution in [-0.2, 0) is 0 Å². The van der Waals surface area contributed by atoms with Crippen molar-refractivity contribution in [2.45, 2.75) is 0 Å². The smallest absolute Gasteiger partial charge is 0.0738 e. The number of fused-ring (bicyclic) bond motifs is 1. The van der Waals surface area contributed by atoms with E-state index < -0.39 is 0 Å². The molecule has 0 spiro atoms. The van der Waals surface area contributed by atoms with E-state index in [4.69, 9.17) is 34.8 Å². The molecule has 0 atom stereocenters. The molecule has 1 N–H and O–H groups in total. The Morgan fingerprint density at radius 1 is 0.955 bits per heavy atom. The molecule has 2 aromatic carbocycles. The van der Waals surface area contributed by atoms with Gasteiger partial charge in [-0.2, -0.15) is 5.10 Å². The number of hydrazone groups is 1. The fraction of sp³-hybridized carbons (Fsp3) is 0. The van der Waals surface area contributed by atoms with Gasteiger partial charge in [-0.25, -0.2) is 0 Å². The number of anilines is 1. The molecule has 0 aliphatic heterocycles. The molecule has 110 valence electrons. The van der Waals surface area contributed by atoms with Crippen molar-refractivity contribution >= 4 is 57.6 Å². The first-order valence-electron chi connectivity index (χ1n) is 6.42. The van der Waals surface area contributed by atoms with Crippen LogP contribution in [0.15, 0.2) is 53.8 Å². The molecule has 0 aliphatic rings. The van der Waals surface area contributed by atoms with Crippen molar-refractivity contribution in [3.05, 3.63) is 69.3 Å². The van der Waals surface area contributed by atoms with Crippen molar-refractivity contribution in [1.82, 2.24) is 4.98 Å². The lowest BCUT2D eigenvalue weighted by Crippen LogP contribution is -1.93. The monoisotopic (exact) mass is 349 g/mol. The summed E-state index contributed by atoms with van der Waals surface area (Å²) in [7, 11) is 0. The Morgan fingerprint density at radius 3 is 2.55 bits per heavy atom. The second-order valence-electron chi connectivity index (χ2n) is 4.56. The van der Waals surface area contributed by atoms with Crippen LogP contribution in [0.3, 0.4) is 0 Å². The molecular weight excluding hydrogens is 341 g/mol. The van der Waals surface area contributed by atoms with E-state index in [-0.39, 0.29) is 0 Å². The van der Waals surface area contributed by atoms with Crippen LogP contribution in [0.4, 0.5) is 5.69 Å². The van der Waals surface area contributed by atoms with Crippen LogP contribution in [0, 0.1) is 0 Å². The number of hydrogen-bond donors (Lipinski definition) is 1. The van der Waals surface area contributed by atoms with E-state index in [0.29, 0.717) is 15.1 Å². The van der Waals surface area contributed by atoms with Crippen LogP contribution in [0.1, 0.15) is 5.56 Å². The highest BCUT2D eigenvalue weighted by molar-refractivity contribution is 6.36. The lowest BCUT2D eigenvalue weighted by atomic mass is 10.2. The van der Waals surface area contributed by atoms with Gasteiger partial charge in [0.25, 0.3) is 0 Å². The first kappa shape index (κ1) is 15.1. The van der Waals surface area contributed by atoms with Crippen molar-refractivity contribution in [3.8, 4) is 0 Å². The van der Waals surface area contributed by atoms with Crippen LogP contribution in [0.2, 0.25) is 15.1 Å². The second kappa shape index (κ2) is 6.53. The highest BCUT2D eigenvalue weighted by Gasteiger charge is 2.02. The zero-order chi connectivity index (χ0) is 15.5. The maximum Gasteiger partial charge on any atom is 0.0738 e. The quantitative estimate of drug-likeness (QED) is 0.490. The predicted molar refractivity (Wildman–Crippen MR) is 94.4 cm³/mol. The zero-order valence-electron chi connectivity index (χ0n) is 11.2. The Hall–Kier alpha value is -1.81. The molecule has 3 rings (SSSR count). The summed E-state index contributed by atoms with van der Waals surface area (Å²) in [5.74, 6) is 0. The fourth-order valence-corrected chi connectivity index (χ4v) is 2.62. The van der Waals surface area contributed by atoms with Gasteiger partial charge in [0, 0.05) is 27.2 Å². The highest BCUT2D eigenvalue weighted by Crippen LogP contribution is 2.24. The standard InChI is InChI=1S/C16H10Cl3N3/c17-11-2-1-10(14(19)7-11)9-21-22-15-5-6-20-16-8-12(18)3-4-13(15)16/h1-9H,(H,20,22). The summed E-state index contributed by atoms with van der Waals surface area (Å²) < 4.78 is 0. The molecule has 0 aliphatic carbocycles. The SMILES string of the molecule is Clc1ccc(C=NNc2ccnc3cc(Cl)ccc23)c(Cl)c1. The number of halogens is 3. The van der Waals surface area contributed by atoms with Gasteiger partial charge in [-0.3, -0.25) is 10.4 Å². The number of nitrogens with one attached hydrogen (secondary N) is 1. The maximum absolute atomic E-state index is 6.10. The number of benzene rings is 2. The zero-order valence-corrected chi connectivity index (χ0v) is 13.5. The third kappa shape index (κ3) is 3.33. The molecule has 1 aromatic heterocycles. The molecular formula is C16H10Cl3N3. The minimum atomic E-state index is 0.546. The van der Waals surface area contributed by atoms with Crippen LogP contribution in [-0.4, -0.2) is 11.2 Å². The van der Waals surface area contributed by atoms with Crippen molar-refractivity contribution < 1.29 is 0 Å². The average molecular weight is 351 g/mol. The van der Waals surface area contributed by atoms with Crippen molar-refractivity contribution in [2.24, 2.45) is 5.10 Å². The molecule has 0 saturated heterocycles. The molecule has 0 fully saturated rings. The van der Waals surface area contributed by atoms with E-state index in [2.05, 4.69) is 15.5 Å². The van der Waals surface area contributed by atoms with Gasteiger partial charge in [-0.1, -0.05) is 40.9 Å². The van der Waals surface area contributed by atoms with Gasteiger partial charge in [0.05, 0.1) is 22.4 Å². The Labute approximate surface area is 142 Å². The Kier molecular flexibility index (Phi) is 4.48. The molecule has 0 bridgehead atoms. The van der Waals surface area contributed by atoms with Gasteiger partial charge in [0.2, 0.25) is 0 Å². The van der Waals surface area contributed by atoms with Crippen molar-refractivity contribution in [3.63, 3.8) is 0 Å². The van der Waals surface area contributed by atoms with Gasteiger partial charge >= 0.3 is 0 Å². The molecule has 1 heterocycles. The van der Waals surface area contributed by atoms with E-state index in [1.54, 1.807) is 30.6 Å². The third-order valence-electron chi connectivity index (χ3n) is 3.06. The van der Waals surface area contributed by atoms with Gasteiger partial charge in [0.1, 0.15) is 0 Å². The fourth-order valence-electron chi connectivity index (χ4n) is 2.00. The van der Waals surface area contributed by atoms with E-state index in [9.17, 15) is 0 Å². The number of pyridine rings is 1. The summed E-state index contributed by atoms with van der Waals surface area (Å²) in [6.07, 6.45) is 3.34. The topological polar surface area (TPSA) is 37.3 Å². The van der Waals surface area contributed by atoms with Crippen LogP contribution < -0.4 is 5.43 Å². The van der Waals surface area contributed by atoms with E-state index in [1.165, 1.54) is 0 Å². The summed E-state index contributed by atoms with van der Waals surface area (Å²) in [4.78, 5) is 4.28. The molecule has 22 heavy (non-hydrogen) atoms. The highest BCUT2D eigenvalue weighted by atomic mass is 35.5. The Bertz CT molecular complexity index is 862. The second-order valence-corrected chi connectivity index (χ2v) is 5.84. The van der Waals surface area contributed by atoms with Gasteiger partial charge in [-0.05, 0) is 36.4 Å². The van der Waals surface area contributed by atoms with Gasteiger partial charge in [0.15, 0.2) is 0 Å². The van der Waals surface area contributed by atoms with Crippen LogP contribution >= 0.6 is 34.8 Å². The number of hydrogen-bond acceptors (Lipinski definition) is 3. The summed E-state index contributed by atoms with van der Waals surface area (Å²) in [6.45, 7) is 0. The average Bonchev–Trinajstić information content (AvgIpc) is 2.49. The van der Waals surface area contributed by atoms with Crippen LogP contribution in [0.25, 0.3) is 10.9 Å². The van der Waals surface area contributed by atoms with E-state index >= 15 is 0 Å². The molecule has 0 radical (unpaired) electrons. The maximum atomic E-state index is 6.10. The summed E-state index contributed by atoms with van der Waals surface area (Å²) in [6, 6.07) is 12.6. The largest absolute Gasteiger partial charge is 0.278 e. The predicted octanol–water partition coefficient (Wildman–Crippen LogP) is 5.64. The summed E-state index contributed by atoms with van der Waals surface area (Å²) in [5.41, 5.74) is 5.41. The Balaban J connectivity index is 1.86. The number of rotatable bonds is 3. The molecule has 0 saturated carbocycles. The minimum Gasteiger partial charge on any atom is -0.278 e. The number of nitrogens with zero attached hydrogens (tertiary/aromatic N) is 2. The van der Waals surface area contributed by atoms with Crippen molar-refractivity contribution in [2.75, 3.05) is 5.43 Å². The number of aromatic nitrogens is 1. The van der Waals surface area contributed by atoms with E-state index in [1.807, 2.05) is 24.3 Å². The molecule has 3 aromatic rings. The van der Waals surface area contributed by atoms with Crippen LogP contribution in [0.5, 0.6) is 0 Å². The first-order valence-corrected chi connectivity index (χ1v) is 7.55. The van der Waals surface area contributed by atoms with Gasteiger partial charge < -0.3 is 0 Å². The lowest BCUT2D eigenvalue weighted by molar-refractivity contribution is 1.33. The van der Waals surface area contributed by atoms with E-state index in [0.717, 1.165) is 22.2 Å². The lowest BCUT2D eigenvalue weighted by Gasteiger charge is -2.05. The minimum absolute atomic E-state index is 0.546. The molecule has 6 heteroatoms. The first-order chi connectivity index (χ1) is 10.6. The summed E-state index contributed by atoms with van der Waals surface area (Å²) in [5, 5.41) is 6.93. The van der Waals surface area contributed by atoms with Crippen molar-refractivity contribution in [1.29, 1.82) is 0 Å².